The molecule has 1 N–H and O–H groups in total. The Morgan fingerprint density at radius 3 is 2.31 bits per heavy atom. The third-order valence-corrected chi connectivity index (χ3v) is 13.4. The maximum absolute atomic E-state index is 11.2. The number of rotatable bonds is 9. The van der Waals surface area contributed by atoms with Crippen LogP contribution in [0.2, 0.25) is 18.1 Å². The predicted octanol–water partition coefficient (Wildman–Crippen LogP) is 7.11. The molecule has 0 atom stereocenters. The molecule has 172 valence electrons. The summed E-state index contributed by atoms with van der Waals surface area (Å²) >= 11 is 1.76. The number of hydrogen-bond acceptors (Lipinski definition) is 4. The van der Waals surface area contributed by atoms with Gasteiger partial charge in [0.1, 0.15) is 0 Å². The van der Waals surface area contributed by atoms with Crippen LogP contribution in [0.4, 0.5) is 0 Å². The number of aromatic nitrogens is 1. The molecule has 0 aliphatic heterocycles. The minimum Gasteiger partial charge on any atom is -0.481 e. The molecule has 0 bridgehead atoms. The van der Waals surface area contributed by atoms with Crippen molar-refractivity contribution in [1.82, 2.24) is 4.98 Å². The molecule has 2 saturated carbocycles. The predicted molar refractivity (Wildman–Crippen MR) is 134 cm³/mol. The molecule has 0 radical (unpaired) electrons. The van der Waals surface area contributed by atoms with E-state index in [1.165, 1.54) is 10.5 Å². The molecule has 4 rings (SSSR count). The highest BCUT2D eigenvalue weighted by Crippen LogP contribution is 2.55. The smallest absolute Gasteiger partial charge is 0.303 e. The molecule has 0 unspecified atom stereocenters. The van der Waals surface area contributed by atoms with Crippen molar-refractivity contribution in [3.05, 3.63) is 48.3 Å². The van der Waals surface area contributed by atoms with E-state index in [1.807, 2.05) is 18.5 Å². The number of carbonyl (C=O) groups is 1. The lowest BCUT2D eigenvalue weighted by molar-refractivity contribution is -0.138. The van der Waals surface area contributed by atoms with E-state index in [2.05, 4.69) is 63.1 Å². The van der Waals surface area contributed by atoms with Crippen LogP contribution < -0.4 is 0 Å². The summed E-state index contributed by atoms with van der Waals surface area (Å²) in [6.07, 6.45) is 8.23. The highest BCUT2D eigenvalue weighted by molar-refractivity contribution is 7.99. The summed E-state index contributed by atoms with van der Waals surface area (Å²) < 4.78 is 6.85. The van der Waals surface area contributed by atoms with Gasteiger partial charge in [-0.1, -0.05) is 45.0 Å². The monoisotopic (exact) mass is 469 g/mol. The van der Waals surface area contributed by atoms with Crippen molar-refractivity contribution >= 4 is 26.0 Å². The van der Waals surface area contributed by atoms with Crippen molar-refractivity contribution in [2.45, 2.75) is 81.5 Å². The first-order valence-electron chi connectivity index (χ1n) is 11.6. The minimum atomic E-state index is -1.84. The topological polar surface area (TPSA) is 59.4 Å². The number of hydrogen-bond donors (Lipinski definition) is 1. The molecule has 6 heteroatoms. The van der Waals surface area contributed by atoms with E-state index in [4.69, 9.17) is 4.43 Å². The second kappa shape index (κ2) is 8.30. The Bertz CT molecular complexity index is 989. The average molecular weight is 470 g/mol. The lowest BCUT2D eigenvalue weighted by Gasteiger charge is -2.39. The summed E-state index contributed by atoms with van der Waals surface area (Å²) in [6.45, 7) is 11.5. The third-order valence-electron chi connectivity index (χ3n) is 7.48. The summed E-state index contributed by atoms with van der Waals surface area (Å²) in [5.41, 5.74) is 3.41. The average Bonchev–Trinajstić information content (AvgIpc) is 3.64. The van der Waals surface area contributed by atoms with Gasteiger partial charge in [-0.2, -0.15) is 0 Å². The lowest BCUT2D eigenvalue weighted by Crippen LogP contribution is -2.44. The standard InChI is InChI=1S/C26H35NO3SSi/c1-24(2,3)32(4,5)30-26(13-14-26)20-8-6-19(7-9-20)21-17-27-15-10-22(21)31-18-25(11-12-25)16-23(28)29/h6-10,15,17H,11-14,16,18H2,1-5H3,(H,28,29). The van der Waals surface area contributed by atoms with Gasteiger partial charge in [0.15, 0.2) is 8.32 Å². The largest absolute Gasteiger partial charge is 0.481 e. The molecule has 4 nitrogen and oxygen atoms in total. The van der Waals surface area contributed by atoms with Crippen molar-refractivity contribution in [2.75, 3.05) is 5.75 Å². The highest BCUT2D eigenvalue weighted by Gasteiger charge is 2.52. The van der Waals surface area contributed by atoms with E-state index in [0.717, 1.165) is 42.6 Å². The summed E-state index contributed by atoms with van der Waals surface area (Å²) in [5.74, 6) is 0.153. The van der Waals surface area contributed by atoms with Crippen LogP contribution in [0.25, 0.3) is 11.1 Å². The van der Waals surface area contributed by atoms with Gasteiger partial charge in [-0.15, -0.1) is 11.8 Å². The second-order valence-electron chi connectivity index (χ2n) is 11.2. The Balaban J connectivity index is 1.50. The number of nitrogens with zero attached hydrogens (tertiary/aromatic N) is 1. The fourth-order valence-corrected chi connectivity index (χ4v) is 6.92. The first-order valence-corrected chi connectivity index (χ1v) is 15.4. The van der Waals surface area contributed by atoms with Gasteiger partial charge in [-0.05, 0) is 66.4 Å². The van der Waals surface area contributed by atoms with Gasteiger partial charge in [-0.25, -0.2) is 0 Å². The number of carboxylic acids is 1. The Kier molecular flexibility index (Phi) is 6.10. The van der Waals surface area contributed by atoms with E-state index in [1.54, 1.807) is 11.8 Å². The zero-order chi connectivity index (χ0) is 23.2. The van der Waals surface area contributed by atoms with Crippen molar-refractivity contribution in [2.24, 2.45) is 5.41 Å². The zero-order valence-corrected chi connectivity index (χ0v) is 21.7. The Morgan fingerprint density at radius 1 is 1.12 bits per heavy atom. The number of pyridine rings is 1. The van der Waals surface area contributed by atoms with E-state index in [0.29, 0.717) is 0 Å². The number of aliphatic carboxylic acids is 1. The quantitative estimate of drug-likeness (QED) is 0.313. The minimum absolute atomic E-state index is 0.0274. The van der Waals surface area contributed by atoms with Gasteiger partial charge in [0.05, 0.1) is 12.0 Å². The molecule has 0 spiro atoms. The molecule has 1 heterocycles. The van der Waals surface area contributed by atoms with Gasteiger partial charge in [-0.3, -0.25) is 9.78 Å². The van der Waals surface area contributed by atoms with E-state index in [-0.39, 0.29) is 22.5 Å². The summed E-state index contributed by atoms with van der Waals surface area (Å²) in [5, 5.41) is 9.40. The van der Waals surface area contributed by atoms with Crippen LogP contribution in [-0.2, 0) is 14.8 Å². The summed E-state index contributed by atoms with van der Waals surface area (Å²) in [4.78, 5) is 16.7. The molecule has 2 aliphatic rings. The van der Waals surface area contributed by atoms with Crippen molar-refractivity contribution < 1.29 is 14.3 Å². The van der Waals surface area contributed by atoms with Gasteiger partial charge in [0.2, 0.25) is 0 Å². The van der Waals surface area contributed by atoms with Crippen LogP contribution in [0.15, 0.2) is 47.6 Å². The molecule has 0 amide bonds. The van der Waals surface area contributed by atoms with Crippen LogP contribution in [0, 0.1) is 5.41 Å². The fraction of sp³-hybridized carbons (Fsp3) is 0.538. The summed E-state index contributed by atoms with van der Waals surface area (Å²) in [7, 11) is -1.84. The second-order valence-corrected chi connectivity index (χ2v) is 16.9. The summed E-state index contributed by atoms with van der Waals surface area (Å²) in [6, 6.07) is 10.9. The highest BCUT2D eigenvalue weighted by atomic mass is 32.2. The normalized spacial score (nSPS) is 18.9. The van der Waals surface area contributed by atoms with E-state index in [9.17, 15) is 9.90 Å². The van der Waals surface area contributed by atoms with E-state index < -0.39 is 14.3 Å². The molecule has 0 saturated heterocycles. The van der Waals surface area contributed by atoms with Gasteiger partial charge in [0, 0.05) is 28.6 Å². The van der Waals surface area contributed by atoms with Gasteiger partial charge in [0.25, 0.3) is 0 Å². The number of carboxylic acid groups (broad SMARTS) is 1. The Hall–Kier alpha value is -1.63. The molecule has 1 aromatic carbocycles. The molecule has 2 aliphatic carbocycles. The van der Waals surface area contributed by atoms with Gasteiger partial charge < -0.3 is 9.53 Å². The first-order chi connectivity index (χ1) is 15.0. The van der Waals surface area contributed by atoms with Crippen LogP contribution in [-0.4, -0.2) is 30.1 Å². The number of benzene rings is 1. The van der Waals surface area contributed by atoms with Gasteiger partial charge >= 0.3 is 5.97 Å². The molecule has 2 aromatic rings. The zero-order valence-electron chi connectivity index (χ0n) is 19.9. The third kappa shape index (κ3) is 4.97. The molecule has 1 aromatic heterocycles. The molecule has 32 heavy (non-hydrogen) atoms. The van der Waals surface area contributed by atoms with Crippen molar-refractivity contribution in [3.8, 4) is 11.1 Å². The van der Waals surface area contributed by atoms with Crippen molar-refractivity contribution in [3.63, 3.8) is 0 Å². The maximum Gasteiger partial charge on any atom is 0.303 e. The first kappa shape index (κ1) is 23.5. The van der Waals surface area contributed by atoms with Crippen LogP contribution in [0.3, 0.4) is 0 Å². The fourth-order valence-electron chi connectivity index (χ4n) is 3.98. The Labute approximate surface area is 197 Å². The Morgan fingerprint density at radius 2 is 1.78 bits per heavy atom. The number of thioether (sulfide) groups is 1. The van der Waals surface area contributed by atoms with Crippen LogP contribution >= 0.6 is 11.8 Å². The molecular formula is C26H35NO3SSi. The molecular weight excluding hydrogens is 434 g/mol. The van der Waals surface area contributed by atoms with E-state index >= 15 is 0 Å². The lowest BCUT2D eigenvalue weighted by atomic mass is 10.0. The maximum atomic E-state index is 11.2. The van der Waals surface area contributed by atoms with Crippen LogP contribution in [0.5, 0.6) is 0 Å². The molecule has 2 fully saturated rings. The van der Waals surface area contributed by atoms with Crippen LogP contribution in [0.1, 0.15) is 58.4 Å². The van der Waals surface area contributed by atoms with Crippen molar-refractivity contribution in [1.29, 1.82) is 0 Å². The SMILES string of the molecule is CC(C)(C)[Si](C)(C)OC1(c2ccc(-c3cnccc3SCC3(CC(=O)O)CC3)cc2)CC1.